The number of nitrogens with one attached hydrogen (secondary N) is 1. The lowest BCUT2D eigenvalue weighted by atomic mass is 9.87. The van der Waals surface area contributed by atoms with Crippen molar-refractivity contribution >= 4 is 27.5 Å². The van der Waals surface area contributed by atoms with Crippen molar-refractivity contribution in [2.75, 3.05) is 24.2 Å². The summed E-state index contributed by atoms with van der Waals surface area (Å²) in [6.45, 7) is 11.6. The van der Waals surface area contributed by atoms with Gasteiger partial charge in [-0.25, -0.2) is 8.42 Å². The lowest BCUT2D eigenvalue weighted by Crippen LogP contribution is -2.53. The van der Waals surface area contributed by atoms with Crippen LogP contribution in [0, 0.1) is 0 Å². The van der Waals surface area contributed by atoms with Crippen LogP contribution in [0.15, 0.2) is 48.5 Å². The zero-order chi connectivity index (χ0) is 28.7. The normalized spacial score (nSPS) is 13.4. The Balaban J connectivity index is 2.47. The molecule has 0 saturated heterocycles. The smallest absolute Gasteiger partial charge is 0.244 e. The van der Waals surface area contributed by atoms with Gasteiger partial charge in [0.05, 0.1) is 19.1 Å². The third kappa shape index (κ3) is 8.48. The molecule has 210 valence electrons. The van der Waals surface area contributed by atoms with Gasteiger partial charge < -0.3 is 15.0 Å². The number of methoxy groups -OCH3 is 1. The first-order chi connectivity index (χ1) is 17.7. The van der Waals surface area contributed by atoms with Crippen molar-refractivity contribution in [1.29, 1.82) is 0 Å². The molecule has 0 aliphatic carbocycles. The molecule has 2 amide bonds. The quantitative estimate of drug-likeness (QED) is 0.424. The molecule has 0 unspecified atom stereocenters. The van der Waals surface area contributed by atoms with E-state index in [1.165, 1.54) is 4.90 Å². The number of amides is 2. The number of hydrogen-bond acceptors (Lipinski definition) is 5. The van der Waals surface area contributed by atoms with Gasteiger partial charge in [-0.2, -0.15) is 0 Å². The van der Waals surface area contributed by atoms with E-state index in [9.17, 15) is 18.0 Å². The number of carbonyl (C=O) groups excluding carboxylic acids is 2. The van der Waals surface area contributed by atoms with E-state index in [-0.39, 0.29) is 23.9 Å². The highest BCUT2D eigenvalue weighted by Crippen LogP contribution is 2.26. The highest BCUT2D eigenvalue weighted by atomic mass is 32.2. The molecule has 2 rings (SSSR count). The topological polar surface area (TPSA) is 96.0 Å². The molecule has 1 N–H and O–H groups in total. The highest BCUT2D eigenvalue weighted by Gasteiger charge is 2.32. The first-order valence-electron chi connectivity index (χ1n) is 13.0. The van der Waals surface area contributed by atoms with Gasteiger partial charge in [0.2, 0.25) is 21.8 Å². The summed E-state index contributed by atoms with van der Waals surface area (Å²) >= 11 is 0. The van der Waals surface area contributed by atoms with E-state index in [0.29, 0.717) is 17.9 Å². The summed E-state index contributed by atoms with van der Waals surface area (Å²) in [5.74, 6) is -0.105. The van der Waals surface area contributed by atoms with Crippen LogP contribution in [0.5, 0.6) is 5.75 Å². The third-order valence-electron chi connectivity index (χ3n) is 6.57. The monoisotopic (exact) mass is 545 g/mol. The summed E-state index contributed by atoms with van der Waals surface area (Å²) in [6, 6.07) is 13.6. The van der Waals surface area contributed by atoms with Crippen molar-refractivity contribution in [3.8, 4) is 5.75 Å². The van der Waals surface area contributed by atoms with Crippen molar-refractivity contribution in [3.05, 3.63) is 59.7 Å². The zero-order valence-corrected chi connectivity index (χ0v) is 24.8. The molecule has 2 aromatic carbocycles. The number of benzene rings is 2. The van der Waals surface area contributed by atoms with Gasteiger partial charge in [-0.05, 0) is 60.6 Å². The van der Waals surface area contributed by atoms with E-state index in [0.717, 1.165) is 28.1 Å². The first kappa shape index (κ1) is 31.1. The van der Waals surface area contributed by atoms with Crippen LogP contribution in [-0.2, 0) is 31.6 Å². The van der Waals surface area contributed by atoms with Crippen LogP contribution in [0.2, 0.25) is 0 Å². The molecule has 2 aromatic rings. The first-order valence-corrected chi connectivity index (χ1v) is 14.9. The van der Waals surface area contributed by atoms with Gasteiger partial charge in [0.15, 0.2) is 0 Å². The molecule has 0 aliphatic rings. The minimum atomic E-state index is -3.79. The van der Waals surface area contributed by atoms with E-state index in [4.69, 9.17) is 4.74 Å². The average molecular weight is 546 g/mol. The number of ether oxygens (including phenoxy) is 1. The summed E-state index contributed by atoms with van der Waals surface area (Å²) < 4.78 is 32.1. The second kappa shape index (κ2) is 13.1. The predicted molar refractivity (Wildman–Crippen MR) is 153 cm³/mol. The summed E-state index contributed by atoms with van der Waals surface area (Å²) in [6.07, 6.45) is 2.20. The Labute approximate surface area is 228 Å². The number of anilines is 1. The summed E-state index contributed by atoms with van der Waals surface area (Å²) in [7, 11) is -2.23. The van der Waals surface area contributed by atoms with Crippen LogP contribution in [0.3, 0.4) is 0 Å². The van der Waals surface area contributed by atoms with Crippen LogP contribution in [0.4, 0.5) is 5.69 Å². The molecule has 9 heteroatoms. The van der Waals surface area contributed by atoms with Crippen molar-refractivity contribution in [2.24, 2.45) is 0 Å². The van der Waals surface area contributed by atoms with Gasteiger partial charge in [-0.15, -0.1) is 0 Å². The predicted octanol–water partition coefficient (Wildman–Crippen LogP) is 4.48. The summed E-state index contributed by atoms with van der Waals surface area (Å²) in [5.41, 5.74) is 2.11. The molecular formula is C29H43N3O5S. The van der Waals surface area contributed by atoms with Crippen LogP contribution in [0.1, 0.15) is 65.5 Å². The van der Waals surface area contributed by atoms with E-state index in [2.05, 4.69) is 26.1 Å². The maximum absolute atomic E-state index is 13.8. The van der Waals surface area contributed by atoms with Crippen LogP contribution in [0.25, 0.3) is 0 Å². The number of hydrogen-bond donors (Lipinski definition) is 1. The molecule has 0 fully saturated rings. The lowest BCUT2D eigenvalue weighted by Gasteiger charge is -2.33. The van der Waals surface area contributed by atoms with Crippen LogP contribution in [-0.4, -0.2) is 57.1 Å². The zero-order valence-electron chi connectivity index (χ0n) is 23.9. The van der Waals surface area contributed by atoms with E-state index < -0.39 is 28.5 Å². The molecule has 0 aliphatic heterocycles. The molecule has 0 heterocycles. The van der Waals surface area contributed by atoms with Gasteiger partial charge in [0.1, 0.15) is 18.3 Å². The maximum Gasteiger partial charge on any atom is 0.244 e. The summed E-state index contributed by atoms with van der Waals surface area (Å²) in [4.78, 5) is 28.5. The molecule has 0 saturated carbocycles. The minimum Gasteiger partial charge on any atom is -0.497 e. The molecule has 0 aromatic heterocycles. The number of sulfonamides is 1. The Hall–Kier alpha value is -3.07. The van der Waals surface area contributed by atoms with Crippen LogP contribution >= 0.6 is 0 Å². The van der Waals surface area contributed by atoms with Crippen molar-refractivity contribution in [1.82, 2.24) is 10.2 Å². The fraction of sp³-hybridized carbons (Fsp3) is 0.517. The number of carbonyl (C=O) groups is 2. The van der Waals surface area contributed by atoms with Crippen LogP contribution < -0.4 is 14.4 Å². The van der Waals surface area contributed by atoms with Gasteiger partial charge in [-0.1, -0.05) is 58.9 Å². The SMILES string of the molecule is CC[C@@H](C)NC(=O)[C@@H](CC)N(Cc1cccc(OC)c1)C(=O)CN(c1ccc(C(C)(C)C)cc1)S(C)(=O)=O. The molecule has 38 heavy (non-hydrogen) atoms. The number of nitrogens with zero attached hydrogens (tertiary/aromatic N) is 2. The number of rotatable bonds is 12. The van der Waals surface area contributed by atoms with E-state index in [1.54, 1.807) is 31.4 Å². The molecule has 0 radical (unpaired) electrons. The Bertz CT molecular complexity index is 1190. The average Bonchev–Trinajstić information content (AvgIpc) is 2.85. The Morgan fingerprint density at radius 2 is 1.66 bits per heavy atom. The Morgan fingerprint density at radius 1 is 1.03 bits per heavy atom. The molecule has 8 nitrogen and oxygen atoms in total. The largest absolute Gasteiger partial charge is 0.497 e. The van der Waals surface area contributed by atoms with Crippen molar-refractivity contribution < 1.29 is 22.7 Å². The van der Waals surface area contributed by atoms with Gasteiger partial charge in [-0.3, -0.25) is 13.9 Å². The molecule has 0 spiro atoms. The molecule has 0 bridgehead atoms. The Morgan fingerprint density at radius 3 is 2.16 bits per heavy atom. The third-order valence-corrected chi connectivity index (χ3v) is 7.72. The maximum atomic E-state index is 13.8. The fourth-order valence-electron chi connectivity index (χ4n) is 4.07. The summed E-state index contributed by atoms with van der Waals surface area (Å²) in [5, 5.41) is 2.97. The standard InChI is InChI=1S/C29H43N3O5S/c1-9-21(3)30-28(34)26(10-2)31(19-22-12-11-13-25(18-22)37-7)27(33)20-32(38(8,35)36)24-16-14-23(15-17-24)29(4,5)6/h11-18,21,26H,9-10,19-20H2,1-8H3,(H,30,34)/t21-,26-/m1/s1. The minimum absolute atomic E-state index is 0.0563. The fourth-order valence-corrected chi connectivity index (χ4v) is 4.92. The highest BCUT2D eigenvalue weighted by molar-refractivity contribution is 7.92. The van der Waals surface area contributed by atoms with Crippen molar-refractivity contribution in [2.45, 2.75) is 78.4 Å². The molecular weight excluding hydrogens is 502 g/mol. The molecule has 2 atom stereocenters. The second-order valence-electron chi connectivity index (χ2n) is 10.7. The van der Waals surface area contributed by atoms with E-state index in [1.807, 2.05) is 45.0 Å². The van der Waals surface area contributed by atoms with Gasteiger partial charge in [0, 0.05) is 12.6 Å². The second-order valence-corrected chi connectivity index (χ2v) is 12.6. The lowest BCUT2D eigenvalue weighted by molar-refractivity contribution is -0.140. The van der Waals surface area contributed by atoms with Gasteiger partial charge in [0.25, 0.3) is 0 Å². The van der Waals surface area contributed by atoms with E-state index >= 15 is 0 Å². The Kier molecular flexibility index (Phi) is 10.8. The van der Waals surface area contributed by atoms with Crippen molar-refractivity contribution in [3.63, 3.8) is 0 Å². The van der Waals surface area contributed by atoms with Gasteiger partial charge >= 0.3 is 0 Å².